The molecule has 0 N–H and O–H groups in total. The number of hydrogen-bond donors (Lipinski definition) is 0. The molecule has 138 valence electrons. The van der Waals surface area contributed by atoms with Crippen LogP contribution in [-0.2, 0) is 0 Å². The van der Waals surface area contributed by atoms with E-state index in [0.717, 1.165) is 12.2 Å². The molecule has 0 aromatic heterocycles. The average molecular weight is 354 g/mol. The zero-order valence-electron chi connectivity index (χ0n) is 15.3. The van der Waals surface area contributed by atoms with Crippen LogP contribution in [0.25, 0.3) is 0 Å². The van der Waals surface area contributed by atoms with Crippen molar-refractivity contribution in [2.45, 2.75) is 45.4 Å². The molecule has 0 saturated heterocycles. The number of unbranched alkanes of at least 4 members (excludes halogenated alkanes) is 5. The molecule has 0 aliphatic carbocycles. The van der Waals surface area contributed by atoms with Gasteiger partial charge in [-0.3, -0.25) is 4.79 Å². The minimum atomic E-state index is -0.467. The Kier molecular flexibility index (Phi) is 8.40. The summed E-state index contributed by atoms with van der Waals surface area (Å²) in [5.41, 5.74) is 0.296. The molecule has 2 rings (SSSR count). The number of ether oxygens (including phenoxy) is 2. The summed E-state index contributed by atoms with van der Waals surface area (Å²) in [6.07, 6.45) is 7.34. The molecule has 0 aliphatic rings. The predicted molar refractivity (Wildman–Crippen MR) is 103 cm³/mol. The minimum Gasteiger partial charge on any atom is -0.494 e. The third-order valence-electron chi connectivity index (χ3n) is 4.00. The van der Waals surface area contributed by atoms with Gasteiger partial charge in [-0.2, -0.15) is 0 Å². The predicted octanol–water partition coefficient (Wildman–Crippen LogP) is 5.01. The summed E-state index contributed by atoms with van der Waals surface area (Å²) in [6, 6.07) is 14.3. The standard InChI is InChI=1S/C22H26O4/c1-2-3-4-5-6-7-17-25-20-14-11-18(12-15-20)22(24)26-21-10-8-9-19(23)13-16-21/h8-16H,2-7,17H2,1H3. The Morgan fingerprint density at radius 2 is 1.50 bits per heavy atom. The van der Waals surface area contributed by atoms with Crippen molar-refractivity contribution in [1.29, 1.82) is 0 Å². The van der Waals surface area contributed by atoms with E-state index in [1.165, 1.54) is 50.3 Å². The number of rotatable bonds is 10. The summed E-state index contributed by atoms with van der Waals surface area (Å²) in [5.74, 6) is 0.615. The van der Waals surface area contributed by atoms with E-state index in [4.69, 9.17) is 9.47 Å². The maximum atomic E-state index is 12.2. The molecule has 0 spiro atoms. The third-order valence-corrected chi connectivity index (χ3v) is 4.00. The molecule has 0 heterocycles. The van der Waals surface area contributed by atoms with E-state index in [0.29, 0.717) is 17.9 Å². The molecule has 0 bridgehead atoms. The fourth-order valence-electron chi connectivity index (χ4n) is 2.51. The van der Waals surface area contributed by atoms with Crippen molar-refractivity contribution in [2.75, 3.05) is 6.61 Å². The van der Waals surface area contributed by atoms with Crippen molar-refractivity contribution in [3.63, 3.8) is 0 Å². The van der Waals surface area contributed by atoms with Gasteiger partial charge in [-0.15, -0.1) is 0 Å². The van der Waals surface area contributed by atoms with Crippen LogP contribution in [0, 0.1) is 0 Å². The van der Waals surface area contributed by atoms with Gasteiger partial charge in [-0.05, 0) is 55.0 Å². The lowest BCUT2D eigenvalue weighted by Gasteiger charge is -2.07. The first-order valence-electron chi connectivity index (χ1n) is 9.24. The molecule has 0 aliphatic heterocycles. The normalized spacial score (nSPS) is 10.3. The Balaban J connectivity index is 1.78. The van der Waals surface area contributed by atoms with Gasteiger partial charge < -0.3 is 9.47 Å². The maximum absolute atomic E-state index is 12.2. The number of esters is 1. The maximum Gasteiger partial charge on any atom is 0.343 e. The first kappa shape index (κ1) is 19.7. The van der Waals surface area contributed by atoms with Crippen molar-refractivity contribution in [3.05, 3.63) is 70.4 Å². The van der Waals surface area contributed by atoms with Gasteiger partial charge in [0.1, 0.15) is 11.5 Å². The molecule has 0 saturated carbocycles. The first-order valence-corrected chi connectivity index (χ1v) is 9.24. The summed E-state index contributed by atoms with van der Waals surface area (Å²) in [5, 5.41) is 0. The Morgan fingerprint density at radius 3 is 2.27 bits per heavy atom. The Bertz CT molecular complexity index is 738. The Hall–Kier alpha value is -2.62. The fraction of sp³-hybridized carbons (Fsp3) is 0.364. The summed E-state index contributed by atoms with van der Waals surface area (Å²) in [7, 11) is 0. The van der Waals surface area contributed by atoms with Gasteiger partial charge in [0.2, 0.25) is 0 Å². The van der Waals surface area contributed by atoms with Crippen molar-refractivity contribution in [3.8, 4) is 11.5 Å². The number of carbonyl (C=O) groups excluding carboxylic acids is 1. The van der Waals surface area contributed by atoms with E-state index in [1.54, 1.807) is 36.4 Å². The highest BCUT2D eigenvalue weighted by molar-refractivity contribution is 5.91. The number of hydrogen-bond acceptors (Lipinski definition) is 4. The van der Waals surface area contributed by atoms with Crippen molar-refractivity contribution in [2.24, 2.45) is 0 Å². The number of benzene rings is 1. The topological polar surface area (TPSA) is 52.6 Å². The van der Waals surface area contributed by atoms with Gasteiger partial charge in [-0.25, -0.2) is 4.79 Å². The SMILES string of the molecule is CCCCCCCCOc1ccc(C(=O)Oc2cccc(=O)cc2)cc1. The number of carbonyl (C=O) groups is 1. The van der Waals surface area contributed by atoms with E-state index < -0.39 is 5.97 Å². The van der Waals surface area contributed by atoms with Gasteiger partial charge >= 0.3 is 5.97 Å². The minimum absolute atomic E-state index is 0.140. The Labute approximate surface area is 154 Å². The van der Waals surface area contributed by atoms with E-state index >= 15 is 0 Å². The van der Waals surface area contributed by atoms with Crippen molar-refractivity contribution < 1.29 is 14.3 Å². The van der Waals surface area contributed by atoms with Crippen LogP contribution in [0.5, 0.6) is 11.5 Å². The molecule has 0 amide bonds. The second kappa shape index (κ2) is 11.1. The van der Waals surface area contributed by atoms with E-state index in [-0.39, 0.29) is 5.43 Å². The summed E-state index contributed by atoms with van der Waals surface area (Å²) < 4.78 is 11.0. The van der Waals surface area contributed by atoms with Crippen LogP contribution in [0.15, 0.2) is 59.4 Å². The van der Waals surface area contributed by atoms with Gasteiger partial charge in [0.15, 0.2) is 5.43 Å². The highest BCUT2D eigenvalue weighted by Crippen LogP contribution is 2.15. The van der Waals surface area contributed by atoms with Gasteiger partial charge in [0, 0.05) is 0 Å². The lowest BCUT2D eigenvalue weighted by atomic mass is 10.1. The van der Waals surface area contributed by atoms with E-state index in [2.05, 4.69) is 6.92 Å². The van der Waals surface area contributed by atoms with Gasteiger partial charge in [0.25, 0.3) is 0 Å². The highest BCUT2D eigenvalue weighted by Gasteiger charge is 2.08. The lowest BCUT2D eigenvalue weighted by Crippen LogP contribution is -2.08. The third kappa shape index (κ3) is 7.09. The van der Waals surface area contributed by atoms with Crippen LogP contribution in [0.3, 0.4) is 0 Å². The molecule has 4 nitrogen and oxygen atoms in total. The van der Waals surface area contributed by atoms with Gasteiger partial charge in [0.05, 0.1) is 12.2 Å². The smallest absolute Gasteiger partial charge is 0.343 e. The molecule has 26 heavy (non-hydrogen) atoms. The van der Waals surface area contributed by atoms with Crippen LogP contribution >= 0.6 is 0 Å². The van der Waals surface area contributed by atoms with Crippen LogP contribution in [0.2, 0.25) is 0 Å². The van der Waals surface area contributed by atoms with Crippen LogP contribution in [0.4, 0.5) is 0 Å². The summed E-state index contributed by atoms with van der Waals surface area (Å²) in [4.78, 5) is 23.4. The first-order chi connectivity index (χ1) is 12.7. The lowest BCUT2D eigenvalue weighted by molar-refractivity contribution is 0.0735. The van der Waals surface area contributed by atoms with E-state index in [1.807, 2.05) is 0 Å². The quantitative estimate of drug-likeness (QED) is 0.445. The van der Waals surface area contributed by atoms with E-state index in [9.17, 15) is 9.59 Å². The summed E-state index contributed by atoms with van der Waals surface area (Å²) in [6.45, 7) is 2.90. The Morgan fingerprint density at radius 1 is 0.808 bits per heavy atom. The monoisotopic (exact) mass is 354 g/mol. The van der Waals surface area contributed by atoms with Crippen LogP contribution < -0.4 is 14.9 Å². The molecule has 0 atom stereocenters. The van der Waals surface area contributed by atoms with Gasteiger partial charge in [-0.1, -0.05) is 45.1 Å². The second-order valence-electron chi connectivity index (χ2n) is 6.19. The molecule has 0 unspecified atom stereocenters. The average Bonchev–Trinajstić information content (AvgIpc) is 2.85. The molecule has 4 heteroatoms. The molecule has 0 radical (unpaired) electrons. The van der Waals surface area contributed by atoms with Crippen molar-refractivity contribution in [1.82, 2.24) is 0 Å². The molecular weight excluding hydrogens is 328 g/mol. The second-order valence-corrected chi connectivity index (χ2v) is 6.19. The van der Waals surface area contributed by atoms with Crippen LogP contribution in [0.1, 0.15) is 55.8 Å². The molecule has 2 aromatic carbocycles. The molecule has 0 fully saturated rings. The molecular formula is C22H26O4. The van der Waals surface area contributed by atoms with Crippen molar-refractivity contribution >= 4 is 5.97 Å². The van der Waals surface area contributed by atoms with Crippen LogP contribution in [-0.4, -0.2) is 12.6 Å². The molecule has 2 aromatic rings. The zero-order chi connectivity index (χ0) is 18.6. The zero-order valence-corrected chi connectivity index (χ0v) is 15.3. The fourth-order valence-corrected chi connectivity index (χ4v) is 2.51. The summed E-state index contributed by atoms with van der Waals surface area (Å²) >= 11 is 0. The highest BCUT2D eigenvalue weighted by atomic mass is 16.5. The largest absolute Gasteiger partial charge is 0.494 e.